The Balaban J connectivity index is 1.15. The molecule has 2 amide bonds. The molecule has 0 radical (unpaired) electrons. The second-order valence-corrected chi connectivity index (χ2v) is 9.85. The Kier molecular flexibility index (Phi) is 7.65. The van der Waals surface area contributed by atoms with Crippen LogP contribution in [0.5, 0.6) is 5.75 Å². The lowest BCUT2D eigenvalue weighted by Crippen LogP contribution is -2.53. The molecule has 2 saturated heterocycles. The van der Waals surface area contributed by atoms with E-state index in [0.29, 0.717) is 32.7 Å². The first kappa shape index (κ1) is 24.5. The van der Waals surface area contributed by atoms with Crippen molar-refractivity contribution >= 4 is 17.6 Å². The Hall–Kier alpha value is -3.20. The van der Waals surface area contributed by atoms with Gasteiger partial charge in [-0.1, -0.05) is 6.42 Å². The van der Waals surface area contributed by atoms with Crippen molar-refractivity contribution in [2.45, 2.75) is 38.2 Å². The standard InChI is InChI=1S/C27H35N5O4/c1-35-22-9-7-20(8-10-22)24-11-12-25(29-28-24)30-13-15-31(16-14-30)26(33)19-32(18-23-6-3-17-36-23)27(34)21-4-2-5-21/h7-12,21,23H,2-6,13-19H2,1H3/t23-/m1/s1. The van der Waals surface area contributed by atoms with E-state index in [0.717, 1.165) is 61.5 Å². The molecule has 9 nitrogen and oxygen atoms in total. The molecule has 1 aromatic heterocycles. The average molecular weight is 494 g/mol. The maximum absolute atomic E-state index is 13.1. The van der Waals surface area contributed by atoms with Gasteiger partial charge in [0, 0.05) is 50.8 Å². The van der Waals surface area contributed by atoms with Crippen LogP contribution in [0.2, 0.25) is 0 Å². The molecule has 1 atom stereocenters. The number of piperazine rings is 1. The zero-order valence-electron chi connectivity index (χ0n) is 21.0. The van der Waals surface area contributed by atoms with Gasteiger partial charge >= 0.3 is 0 Å². The van der Waals surface area contributed by atoms with Gasteiger partial charge in [0.1, 0.15) is 5.75 Å². The largest absolute Gasteiger partial charge is 0.497 e. The molecule has 1 aromatic carbocycles. The van der Waals surface area contributed by atoms with Crippen molar-refractivity contribution in [3.63, 3.8) is 0 Å². The molecule has 192 valence electrons. The minimum atomic E-state index is 0.0151. The Bertz CT molecular complexity index is 1030. The number of methoxy groups -OCH3 is 1. The van der Waals surface area contributed by atoms with E-state index in [2.05, 4.69) is 15.1 Å². The third-order valence-electron chi connectivity index (χ3n) is 7.53. The van der Waals surface area contributed by atoms with Gasteiger partial charge in [-0.05, 0) is 62.1 Å². The quantitative estimate of drug-likeness (QED) is 0.559. The van der Waals surface area contributed by atoms with Gasteiger partial charge in [-0.15, -0.1) is 10.2 Å². The topological polar surface area (TPSA) is 88.1 Å². The summed E-state index contributed by atoms with van der Waals surface area (Å²) < 4.78 is 11.0. The lowest BCUT2D eigenvalue weighted by Gasteiger charge is -2.37. The van der Waals surface area contributed by atoms with Gasteiger partial charge in [0.05, 0.1) is 25.5 Å². The van der Waals surface area contributed by atoms with Crippen molar-refractivity contribution in [1.29, 1.82) is 0 Å². The summed E-state index contributed by atoms with van der Waals surface area (Å²) in [5.41, 5.74) is 1.78. The predicted molar refractivity (Wildman–Crippen MR) is 136 cm³/mol. The maximum Gasteiger partial charge on any atom is 0.242 e. The Labute approximate surface area is 212 Å². The van der Waals surface area contributed by atoms with Crippen molar-refractivity contribution in [1.82, 2.24) is 20.0 Å². The first-order valence-corrected chi connectivity index (χ1v) is 13.0. The van der Waals surface area contributed by atoms with Crippen LogP contribution in [-0.2, 0) is 14.3 Å². The van der Waals surface area contributed by atoms with E-state index in [1.807, 2.05) is 41.3 Å². The van der Waals surface area contributed by atoms with E-state index in [1.165, 1.54) is 0 Å². The molecular weight excluding hydrogens is 458 g/mol. The normalized spacial score (nSPS) is 20.2. The minimum absolute atomic E-state index is 0.0151. The fraction of sp³-hybridized carbons (Fsp3) is 0.556. The van der Waals surface area contributed by atoms with Gasteiger partial charge in [-0.25, -0.2) is 0 Å². The highest BCUT2D eigenvalue weighted by Gasteiger charge is 2.33. The number of hydrogen-bond acceptors (Lipinski definition) is 7. The zero-order valence-corrected chi connectivity index (χ0v) is 21.0. The fourth-order valence-electron chi connectivity index (χ4n) is 5.04. The van der Waals surface area contributed by atoms with Crippen molar-refractivity contribution in [2.24, 2.45) is 5.92 Å². The molecule has 5 rings (SSSR count). The lowest BCUT2D eigenvalue weighted by molar-refractivity contribution is -0.146. The smallest absolute Gasteiger partial charge is 0.242 e. The number of amides is 2. The Morgan fingerprint density at radius 2 is 1.78 bits per heavy atom. The highest BCUT2D eigenvalue weighted by Crippen LogP contribution is 2.29. The molecule has 3 fully saturated rings. The Morgan fingerprint density at radius 3 is 2.36 bits per heavy atom. The van der Waals surface area contributed by atoms with Crippen molar-refractivity contribution in [3.8, 4) is 17.0 Å². The molecular formula is C27H35N5O4. The number of benzene rings is 1. The zero-order chi connectivity index (χ0) is 24.9. The van der Waals surface area contributed by atoms with E-state index in [9.17, 15) is 9.59 Å². The van der Waals surface area contributed by atoms with Crippen LogP contribution in [0.1, 0.15) is 32.1 Å². The first-order chi connectivity index (χ1) is 17.6. The van der Waals surface area contributed by atoms with Crippen LogP contribution in [0, 0.1) is 5.92 Å². The fourth-order valence-corrected chi connectivity index (χ4v) is 5.04. The summed E-state index contributed by atoms with van der Waals surface area (Å²) in [5, 5.41) is 8.83. The van der Waals surface area contributed by atoms with Crippen LogP contribution >= 0.6 is 0 Å². The van der Waals surface area contributed by atoms with Crippen LogP contribution in [0.4, 0.5) is 5.82 Å². The molecule has 3 heterocycles. The van der Waals surface area contributed by atoms with Gasteiger partial charge in [0.2, 0.25) is 11.8 Å². The number of rotatable bonds is 8. The molecule has 1 aliphatic carbocycles. The summed E-state index contributed by atoms with van der Waals surface area (Å²) in [7, 11) is 1.65. The molecule has 0 bridgehead atoms. The monoisotopic (exact) mass is 493 g/mol. The molecule has 1 saturated carbocycles. The summed E-state index contributed by atoms with van der Waals surface area (Å²) in [4.78, 5) is 31.9. The van der Waals surface area contributed by atoms with Crippen LogP contribution in [0.15, 0.2) is 36.4 Å². The summed E-state index contributed by atoms with van der Waals surface area (Å²) in [6, 6.07) is 11.7. The lowest BCUT2D eigenvalue weighted by atomic mass is 9.84. The summed E-state index contributed by atoms with van der Waals surface area (Å²) in [6.45, 7) is 3.99. The van der Waals surface area contributed by atoms with E-state index in [4.69, 9.17) is 9.47 Å². The molecule has 0 N–H and O–H groups in total. The van der Waals surface area contributed by atoms with Gasteiger partial charge < -0.3 is 24.2 Å². The highest BCUT2D eigenvalue weighted by molar-refractivity contribution is 5.86. The number of nitrogens with zero attached hydrogens (tertiary/aromatic N) is 5. The third kappa shape index (κ3) is 5.61. The molecule has 2 aromatic rings. The van der Waals surface area contributed by atoms with Crippen molar-refractivity contribution < 1.29 is 19.1 Å². The number of ether oxygens (including phenoxy) is 2. The van der Waals surface area contributed by atoms with Crippen molar-refractivity contribution in [2.75, 3.05) is 57.9 Å². The average Bonchev–Trinajstić information content (AvgIpc) is 3.41. The van der Waals surface area contributed by atoms with E-state index in [-0.39, 0.29) is 30.4 Å². The summed E-state index contributed by atoms with van der Waals surface area (Å²) in [6.07, 6.45) is 5.01. The number of carbonyl (C=O) groups is 2. The van der Waals surface area contributed by atoms with Crippen LogP contribution in [0.25, 0.3) is 11.3 Å². The minimum Gasteiger partial charge on any atom is -0.497 e. The van der Waals surface area contributed by atoms with Crippen LogP contribution in [-0.4, -0.2) is 90.9 Å². The third-order valence-corrected chi connectivity index (χ3v) is 7.53. The van der Waals surface area contributed by atoms with Crippen LogP contribution < -0.4 is 9.64 Å². The molecule has 36 heavy (non-hydrogen) atoms. The Morgan fingerprint density at radius 1 is 1.00 bits per heavy atom. The number of anilines is 1. The van der Waals surface area contributed by atoms with Gasteiger partial charge in [0.15, 0.2) is 5.82 Å². The SMILES string of the molecule is COc1ccc(-c2ccc(N3CCN(C(=O)CN(C[C@H]4CCCO4)C(=O)C4CCC4)CC3)nn2)cc1. The first-order valence-electron chi connectivity index (χ1n) is 13.0. The van der Waals surface area contributed by atoms with Crippen LogP contribution in [0.3, 0.4) is 0 Å². The predicted octanol–water partition coefficient (Wildman–Crippen LogP) is 2.61. The van der Waals surface area contributed by atoms with Crippen molar-refractivity contribution in [3.05, 3.63) is 36.4 Å². The maximum atomic E-state index is 13.1. The summed E-state index contributed by atoms with van der Waals surface area (Å²) >= 11 is 0. The van der Waals surface area contributed by atoms with E-state index < -0.39 is 0 Å². The van der Waals surface area contributed by atoms with Gasteiger partial charge in [0.25, 0.3) is 0 Å². The number of aromatic nitrogens is 2. The van der Waals surface area contributed by atoms with E-state index >= 15 is 0 Å². The second-order valence-electron chi connectivity index (χ2n) is 9.85. The molecule has 2 aliphatic heterocycles. The number of hydrogen-bond donors (Lipinski definition) is 0. The molecule has 0 unspecified atom stereocenters. The molecule has 3 aliphatic rings. The number of carbonyl (C=O) groups excluding carboxylic acids is 2. The van der Waals surface area contributed by atoms with Gasteiger partial charge in [-0.3, -0.25) is 9.59 Å². The molecule has 9 heteroatoms. The van der Waals surface area contributed by atoms with E-state index in [1.54, 1.807) is 12.0 Å². The van der Waals surface area contributed by atoms with Gasteiger partial charge in [-0.2, -0.15) is 0 Å². The summed E-state index contributed by atoms with van der Waals surface area (Å²) in [5.74, 6) is 1.82. The highest BCUT2D eigenvalue weighted by atomic mass is 16.5. The molecule has 0 spiro atoms. The second kappa shape index (κ2) is 11.2.